The van der Waals surface area contributed by atoms with Gasteiger partial charge in [0.05, 0.1) is 24.4 Å². The van der Waals surface area contributed by atoms with Crippen LogP contribution in [0.4, 0.5) is 0 Å². The highest BCUT2D eigenvalue weighted by molar-refractivity contribution is 6.30. The average molecular weight is 424 g/mol. The van der Waals surface area contributed by atoms with E-state index in [4.69, 9.17) is 25.5 Å². The fourth-order valence-corrected chi connectivity index (χ4v) is 4.03. The zero-order valence-electron chi connectivity index (χ0n) is 15.7. The van der Waals surface area contributed by atoms with Crippen LogP contribution >= 0.6 is 11.6 Å². The van der Waals surface area contributed by atoms with Crippen LogP contribution < -0.4 is 20.5 Å². The van der Waals surface area contributed by atoms with Gasteiger partial charge in [0, 0.05) is 23.1 Å². The Balaban J connectivity index is 1.79. The first-order chi connectivity index (χ1) is 14.5. The van der Waals surface area contributed by atoms with Crippen LogP contribution in [0.2, 0.25) is 5.02 Å². The lowest BCUT2D eigenvalue weighted by Crippen LogP contribution is -2.26. The number of hydrogen-bond donors (Lipinski definition) is 1. The summed E-state index contributed by atoms with van der Waals surface area (Å²) in [5.41, 5.74) is 0.951. The summed E-state index contributed by atoms with van der Waals surface area (Å²) in [6, 6.07) is 10.1. The van der Waals surface area contributed by atoms with Gasteiger partial charge < -0.3 is 18.9 Å². The van der Waals surface area contributed by atoms with Crippen molar-refractivity contribution in [3.05, 3.63) is 79.4 Å². The Morgan fingerprint density at radius 2 is 1.97 bits per heavy atom. The zero-order valence-corrected chi connectivity index (χ0v) is 16.4. The summed E-state index contributed by atoms with van der Waals surface area (Å²) in [6.45, 7) is 0. The van der Waals surface area contributed by atoms with Crippen molar-refractivity contribution in [2.75, 3.05) is 7.11 Å². The lowest BCUT2D eigenvalue weighted by molar-refractivity contribution is -0.135. The molecule has 1 aliphatic heterocycles. The van der Waals surface area contributed by atoms with Crippen molar-refractivity contribution >= 4 is 39.4 Å². The molecule has 0 spiro atoms. The van der Waals surface area contributed by atoms with Crippen molar-refractivity contribution in [3.8, 4) is 11.5 Å². The zero-order chi connectivity index (χ0) is 21.0. The van der Waals surface area contributed by atoms with Gasteiger partial charge in [-0.3, -0.25) is 14.4 Å². The van der Waals surface area contributed by atoms with Crippen LogP contribution in [0.5, 0.6) is 11.5 Å². The van der Waals surface area contributed by atoms with Crippen molar-refractivity contribution < 1.29 is 18.7 Å². The molecule has 0 unspecified atom stereocenters. The van der Waals surface area contributed by atoms with Crippen LogP contribution in [-0.2, 0) is 4.79 Å². The number of hydrogen-bond acceptors (Lipinski definition) is 6. The van der Waals surface area contributed by atoms with Gasteiger partial charge >= 0.3 is 5.97 Å². The van der Waals surface area contributed by atoms with Crippen molar-refractivity contribution in [1.29, 1.82) is 0 Å². The molecule has 0 saturated heterocycles. The van der Waals surface area contributed by atoms with Crippen molar-refractivity contribution in [2.24, 2.45) is 0 Å². The van der Waals surface area contributed by atoms with E-state index in [1.54, 1.807) is 25.3 Å². The lowest BCUT2D eigenvalue weighted by Gasteiger charge is -2.25. The molecule has 8 heteroatoms. The Kier molecular flexibility index (Phi) is 4.15. The number of methoxy groups -OCH3 is 1. The number of esters is 1. The van der Waals surface area contributed by atoms with Gasteiger partial charge in [0.15, 0.2) is 0 Å². The molecule has 0 radical (unpaired) electrons. The number of benzene rings is 2. The molecule has 3 heterocycles. The third kappa shape index (κ3) is 2.78. The Hall–Kier alpha value is -3.58. The summed E-state index contributed by atoms with van der Waals surface area (Å²) in [7, 11) is 1.54. The second-order valence-electron chi connectivity index (χ2n) is 7.00. The second kappa shape index (κ2) is 6.74. The number of carbonyl (C=O) groups is 1. The highest BCUT2D eigenvalue weighted by Gasteiger charge is 2.33. The van der Waals surface area contributed by atoms with E-state index in [-0.39, 0.29) is 33.7 Å². The van der Waals surface area contributed by atoms with Crippen molar-refractivity contribution in [1.82, 2.24) is 4.98 Å². The maximum absolute atomic E-state index is 12.9. The van der Waals surface area contributed by atoms with Gasteiger partial charge in [0.25, 0.3) is 5.56 Å². The Bertz CT molecular complexity index is 1470. The molecule has 4 aromatic rings. The molecule has 0 aliphatic carbocycles. The monoisotopic (exact) mass is 423 g/mol. The third-order valence-electron chi connectivity index (χ3n) is 5.30. The minimum Gasteiger partial charge on any atom is -0.497 e. The predicted octanol–water partition coefficient (Wildman–Crippen LogP) is 3.74. The number of fused-ring (bicyclic) bond motifs is 4. The lowest BCUT2D eigenvalue weighted by atomic mass is 9.85. The summed E-state index contributed by atoms with van der Waals surface area (Å²) in [6.07, 6.45) is 1.08. The van der Waals surface area contributed by atoms with Gasteiger partial charge in [-0.1, -0.05) is 11.6 Å². The van der Waals surface area contributed by atoms with Gasteiger partial charge in [-0.25, -0.2) is 0 Å². The highest BCUT2D eigenvalue weighted by Crippen LogP contribution is 2.42. The van der Waals surface area contributed by atoms with Crippen LogP contribution in [0.3, 0.4) is 0 Å². The average Bonchev–Trinajstić information content (AvgIpc) is 2.74. The maximum atomic E-state index is 12.9. The van der Waals surface area contributed by atoms with E-state index in [1.165, 1.54) is 12.1 Å². The number of ether oxygens (including phenoxy) is 2. The molecule has 5 rings (SSSR count). The van der Waals surface area contributed by atoms with E-state index in [2.05, 4.69) is 4.98 Å². The van der Waals surface area contributed by atoms with Gasteiger partial charge in [-0.2, -0.15) is 0 Å². The van der Waals surface area contributed by atoms with E-state index < -0.39 is 17.3 Å². The van der Waals surface area contributed by atoms with Crippen molar-refractivity contribution in [2.45, 2.75) is 12.3 Å². The number of aromatic amines is 1. The number of halogens is 1. The smallest absolute Gasteiger partial charge is 0.312 e. The third-order valence-corrected chi connectivity index (χ3v) is 5.56. The van der Waals surface area contributed by atoms with E-state index in [1.807, 2.05) is 6.07 Å². The molecule has 1 atom stereocenters. The van der Waals surface area contributed by atoms with Gasteiger partial charge in [0.2, 0.25) is 5.43 Å². The quantitative estimate of drug-likeness (QED) is 0.389. The number of rotatable bonds is 2. The van der Waals surface area contributed by atoms with Gasteiger partial charge in [0.1, 0.15) is 28.4 Å². The van der Waals surface area contributed by atoms with Gasteiger partial charge in [-0.05, 0) is 35.7 Å². The number of H-pyrrole nitrogens is 1. The van der Waals surface area contributed by atoms with E-state index in [0.29, 0.717) is 22.4 Å². The van der Waals surface area contributed by atoms with Crippen LogP contribution in [0.25, 0.3) is 21.9 Å². The van der Waals surface area contributed by atoms with E-state index in [9.17, 15) is 14.4 Å². The predicted molar refractivity (Wildman–Crippen MR) is 111 cm³/mol. The molecular weight excluding hydrogens is 410 g/mol. The summed E-state index contributed by atoms with van der Waals surface area (Å²) in [5.74, 6) is -0.257. The minimum absolute atomic E-state index is 0.0516. The molecule has 2 aromatic carbocycles. The summed E-state index contributed by atoms with van der Waals surface area (Å²) in [5, 5.41) is 0.978. The summed E-state index contributed by atoms with van der Waals surface area (Å²) < 4.78 is 16.2. The highest BCUT2D eigenvalue weighted by atomic mass is 35.5. The number of aromatic nitrogens is 1. The standard InChI is InChI=1S/C22H14ClNO6/c1-28-11-3-2-10-6-14(22(27)24-16(10)7-11)13-8-18(25)30-17-5-4-12-20(26)15(23)9-29-21(12)19(13)17/h2-7,9,13H,8H2,1H3,(H,24,27)/t13-/m1/s1. The Morgan fingerprint density at radius 1 is 1.13 bits per heavy atom. The number of carbonyl (C=O) groups excluding carboxylic acids is 1. The van der Waals surface area contributed by atoms with Crippen molar-refractivity contribution in [3.63, 3.8) is 0 Å². The Morgan fingerprint density at radius 3 is 2.77 bits per heavy atom. The van der Waals surface area contributed by atoms with E-state index in [0.717, 1.165) is 11.6 Å². The summed E-state index contributed by atoms with van der Waals surface area (Å²) in [4.78, 5) is 40.5. The Labute approximate surface area is 173 Å². The fourth-order valence-electron chi connectivity index (χ4n) is 3.88. The van der Waals surface area contributed by atoms with Crippen LogP contribution in [-0.4, -0.2) is 18.1 Å². The molecule has 1 N–H and O–H groups in total. The molecule has 1 aliphatic rings. The molecule has 0 amide bonds. The molecule has 0 bridgehead atoms. The molecule has 0 saturated carbocycles. The normalized spacial score (nSPS) is 15.8. The second-order valence-corrected chi connectivity index (χ2v) is 7.41. The first-order valence-corrected chi connectivity index (χ1v) is 9.49. The maximum Gasteiger partial charge on any atom is 0.312 e. The van der Waals surface area contributed by atoms with Crippen LogP contribution in [0.15, 0.2) is 56.7 Å². The molecular formula is C22H14ClNO6. The first-order valence-electron chi connectivity index (χ1n) is 9.12. The largest absolute Gasteiger partial charge is 0.497 e. The van der Waals surface area contributed by atoms with E-state index >= 15 is 0 Å². The fraction of sp³-hybridized carbons (Fsp3) is 0.136. The molecule has 2 aromatic heterocycles. The minimum atomic E-state index is -0.649. The number of nitrogens with one attached hydrogen (secondary N) is 1. The number of pyridine rings is 1. The van der Waals surface area contributed by atoms with Crippen LogP contribution in [0.1, 0.15) is 23.5 Å². The first kappa shape index (κ1) is 18.4. The SMILES string of the molecule is COc1ccc2cc([C@H]3CC(=O)Oc4ccc5c(=O)c(Cl)coc5c43)c(=O)[nH]c2c1. The van der Waals surface area contributed by atoms with Crippen LogP contribution in [0, 0.1) is 0 Å². The van der Waals surface area contributed by atoms with Gasteiger partial charge in [-0.15, -0.1) is 0 Å². The topological polar surface area (TPSA) is 98.6 Å². The molecule has 0 fully saturated rings. The molecule has 30 heavy (non-hydrogen) atoms. The molecule has 150 valence electrons. The molecule has 7 nitrogen and oxygen atoms in total. The summed E-state index contributed by atoms with van der Waals surface area (Å²) >= 11 is 5.91.